The van der Waals surface area contributed by atoms with Crippen molar-refractivity contribution in [3.63, 3.8) is 0 Å². The van der Waals surface area contributed by atoms with E-state index in [1.54, 1.807) is 13.0 Å². The highest BCUT2D eigenvalue weighted by atomic mass is 35.5. The van der Waals surface area contributed by atoms with Gasteiger partial charge in [0.1, 0.15) is 5.75 Å². The maximum absolute atomic E-state index is 13.7. The van der Waals surface area contributed by atoms with Crippen molar-refractivity contribution in [3.05, 3.63) is 70.3 Å². The number of rotatable bonds is 6. The van der Waals surface area contributed by atoms with Crippen LogP contribution in [0.3, 0.4) is 0 Å². The van der Waals surface area contributed by atoms with Gasteiger partial charge in [0, 0.05) is 72.8 Å². The van der Waals surface area contributed by atoms with Gasteiger partial charge >= 0.3 is 0 Å². The lowest BCUT2D eigenvalue weighted by atomic mass is 9.56. The minimum Gasteiger partial charge on any atom is -0.490 e. The summed E-state index contributed by atoms with van der Waals surface area (Å²) in [5, 5.41) is 0.0302. The second kappa shape index (κ2) is 16.3. The maximum Gasteiger partial charge on any atom is 0.264 e. The van der Waals surface area contributed by atoms with Gasteiger partial charge in [-0.25, -0.2) is 13.1 Å². The summed E-state index contributed by atoms with van der Waals surface area (Å²) >= 11 is 6.54. The Balaban J connectivity index is 1.31. The molecular weight excluding hydrogens is 728 g/mol. The molecule has 1 saturated carbocycles. The number of carbonyl (C=O) groups is 1. The van der Waals surface area contributed by atoms with Crippen LogP contribution in [0.25, 0.3) is 0 Å². The van der Waals surface area contributed by atoms with E-state index in [1.807, 2.05) is 25.1 Å². The third-order valence-corrected chi connectivity index (χ3v) is 16.5. The Morgan fingerprint density at radius 3 is 2.60 bits per heavy atom. The van der Waals surface area contributed by atoms with Gasteiger partial charge in [0.25, 0.3) is 5.91 Å². The third kappa shape index (κ3) is 8.24. The summed E-state index contributed by atoms with van der Waals surface area (Å²) in [6.45, 7) is 19.5. The van der Waals surface area contributed by atoms with E-state index in [0.29, 0.717) is 42.5 Å². The maximum atomic E-state index is 13.7. The van der Waals surface area contributed by atoms with E-state index in [2.05, 4.69) is 71.4 Å². The summed E-state index contributed by atoms with van der Waals surface area (Å²) in [5.74, 6) is 0.962. The van der Waals surface area contributed by atoms with Crippen LogP contribution in [0, 0.1) is 23.2 Å². The van der Waals surface area contributed by atoms with E-state index >= 15 is 0 Å². The minimum absolute atomic E-state index is 0.0231. The van der Waals surface area contributed by atoms with Crippen LogP contribution < -0.4 is 14.4 Å². The fraction of sp³-hybridized carbons (Fsp3) is 0.667. The highest BCUT2D eigenvalue weighted by molar-refractivity contribution is 7.90. The molecule has 2 fully saturated rings. The number of hydrogen-bond donors (Lipinski definition) is 1. The Labute approximate surface area is 336 Å². The monoisotopic (exact) mass is 792 g/mol. The Kier molecular flexibility index (Phi) is 12.1. The molecule has 7 atom stereocenters. The lowest BCUT2D eigenvalue weighted by Crippen LogP contribution is -2.58. The first-order valence-electron chi connectivity index (χ1n) is 21.3. The van der Waals surface area contributed by atoms with Crippen molar-refractivity contribution in [3.8, 4) is 5.75 Å². The number of amides is 1. The van der Waals surface area contributed by atoms with E-state index in [0.717, 1.165) is 94.3 Å². The molecule has 1 N–H and O–H groups in total. The molecule has 3 heterocycles. The van der Waals surface area contributed by atoms with Crippen molar-refractivity contribution >= 4 is 33.2 Å². The van der Waals surface area contributed by atoms with Crippen molar-refractivity contribution in [1.82, 2.24) is 14.5 Å². The van der Waals surface area contributed by atoms with Gasteiger partial charge in [-0.1, -0.05) is 56.5 Å². The van der Waals surface area contributed by atoms with Crippen LogP contribution in [-0.2, 0) is 21.9 Å². The average molecular weight is 794 g/mol. The van der Waals surface area contributed by atoms with Crippen LogP contribution in [0.4, 0.5) is 5.69 Å². The summed E-state index contributed by atoms with van der Waals surface area (Å²) in [7, 11) is -3.93. The number of unbranched alkanes of at least 4 members (excludes halogenated alkanes) is 1. The molecule has 1 saturated heterocycles. The predicted octanol–water partition coefficient (Wildman–Crippen LogP) is 8.47. The number of fused-ring (bicyclic) bond motifs is 4. The summed E-state index contributed by atoms with van der Waals surface area (Å²) in [5.41, 5.74) is 3.58. The highest BCUT2D eigenvalue weighted by Crippen LogP contribution is 2.53. The molecule has 2 aliphatic carbocycles. The fourth-order valence-corrected chi connectivity index (χ4v) is 12.4. The number of aryl methyl sites for hydroxylation is 1. The molecule has 2 aromatic carbocycles. The van der Waals surface area contributed by atoms with Gasteiger partial charge in [0.2, 0.25) is 10.0 Å². The molecule has 55 heavy (non-hydrogen) atoms. The van der Waals surface area contributed by atoms with Crippen LogP contribution in [0.5, 0.6) is 5.75 Å². The number of sulfonamides is 1. The van der Waals surface area contributed by atoms with Crippen LogP contribution in [0.15, 0.2) is 48.6 Å². The Bertz CT molecular complexity index is 1850. The molecule has 302 valence electrons. The van der Waals surface area contributed by atoms with Crippen LogP contribution in [-0.4, -0.2) is 87.3 Å². The number of benzene rings is 2. The first-order valence-corrected chi connectivity index (χ1v) is 23.2. The number of hydrogen-bond acceptors (Lipinski definition) is 7. The van der Waals surface area contributed by atoms with Crippen molar-refractivity contribution in [2.75, 3.05) is 50.8 Å². The van der Waals surface area contributed by atoms with Gasteiger partial charge in [-0.15, -0.1) is 0 Å². The molecule has 7 rings (SSSR count). The van der Waals surface area contributed by atoms with E-state index in [-0.39, 0.29) is 16.7 Å². The number of allylic oxidation sites excluding steroid dienone is 1. The third-order valence-electron chi connectivity index (χ3n) is 14.3. The normalized spacial score (nSPS) is 33.5. The summed E-state index contributed by atoms with van der Waals surface area (Å²) in [6, 6.07) is 12.9. The zero-order valence-electron chi connectivity index (χ0n) is 34.2. The number of nitrogens with zero attached hydrogens (tertiary/aromatic N) is 3. The quantitative estimate of drug-likeness (QED) is 0.294. The molecule has 1 amide bonds. The molecule has 2 bridgehead atoms. The van der Waals surface area contributed by atoms with Crippen LogP contribution in [0.2, 0.25) is 5.02 Å². The molecule has 3 aliphatic heterocycles. The summed E-state index contributed by atoms with van der Waals surface area (Å²) < 4.78 is 36.7. The largest absolute Gasteiger partial charge is 0.490 e. The van der Waals surface area contributed by atoms with E-state index in [4.69, 9.17) is 16.3 Å². The smallest absolute Gasteiger partial charge is 0.264 e. The molecule has 1 spiro atoms. The van der Waals surface area contributed by atoms with Crippen LogP contribution >= 0.6 is 11.6 Å². The molecule has 2 aromatic rings. The molecule has 5 aliphatic rings. The number of piperazine rings is 1. The topological polar surface area (TPSA) is 82.2 Å². The van der Waals surface area contributed by atoms with Crippen molar-refractivity contribution < 1.29 is 17.9 Å². The zero-order chi connectivity index (χ0) is 39.1. The number of nitrogens with one attached hydrogen (secondary N) is 1. The van der Waals surface area contributed by atoms with Gasteiger partial charge in [0.05, 0.1) is 17.5 Å². The molecular formula is C45H65ClN4O4S. The van der Waals surface area contributed by atoms with Crippen LogP contribution in [0.1, 0.15) is 114 Å². The Hall–Kier alpha value is -2.59. The SMILES string of the molecule is CCCC[C@]1(CN2CCN(C(C)C)[C@H](C)C2)/C=C/C[C@H](C)[C@@H](C)S(=O)(=O)NC(=O)c2ccc3c(c2)N(C[C@@H]2CC[C@H]21)C[C@@]1(CCCc2cc(Cl)ccc21)CO3. The number of halogens is 1. The second-order valence-electron chi connectivity index (χ2n) is 18.3. The number of ether oxygens (including phenoxy) is 1. The Morgan fingerprint density at radius 2 is 1.87 bits per heavy atom. The minimum atomic E-state index is -3.93. The van der Waals surface area contributed by atoms with E-state index in [9.17, 15) is 13.2 Å². The molecule has 0 unspecified atom stereocenters. The fourth-order valence-electron chi connectivity index (χ4n) is 10.9. The van der Waals surface area contributed by atoms with Gasteiger partial charge < -0.3 is 9.64 Å². The van der Waals surface area contributed by atoms with Gasteiger partial charge in [0.15, 0.2) is 0 Å². The zero-order valence-corrected chi connectivity index (χ0v) is 35.7. The molecule has 0 aromatic heterocycles. The highest BCUT2D eigenvalue weighted by Gasteiger charge is 2.49. The first kappa shape index (κ1) is 40.6. The first-order chi connectivity index (χ1) is 26.2. The summed E-state index contributed by atoms with van der Waals surface area (Å²) in [6.07, 6.45) is 14.3. The molecule has 0 radical (unpaired) electrons. The second-order valence-corrected chi connectivity index (χ2v) is 20.8. The Morgan fingerprint density at radius 1 is 1.05 bits per heavy atom. The number of anilines is 1. The lowest BCUT2D eigenvalue weighted by molar-refractivity contribution is -0.0108. The van der Waals surface area contributed by atoms with E-state index in [1.165, 1.54) is 24.0 Å². The summed E-state index contributed by atoms with van der Waals surface area (Å²) in [4.78, 5) is 21.6. The average Bonchev–Trinajstić information content (AvgIpc) is 3.28. The van der Waals surface area contributed by atoms with Crippen molar-refractivity contribution in [1.29, 1.82) is 0 Å². The molecule has 8 nitrogen and oxygen atoms in total. The predicted molar refractivity (Wildman–Crippen MR) is 225 cm³/mol. The van der Waals surface area contributed by atoms with Gasteiger partial charge in [-0.05, 0) is 132 Å². The van der Waals surface area contributed by atoms with Gasteiger partial charge in [-0.2, -0.15) is 0 Å². The molecule has 10 heteroatoms. The van der Waals surface area contributed by atoms with E-state index < -0.39 is 21.2 Å². The number of carbonyl (C=O) groups excluding carboxylic acids is 1. The van der Waals surface area contributed by atoms with Gasteiger partial charge in [-0.3, -0.25) is 14.6 Å². The lowest BCUT2D eigenvalue weighted by Gasteiger charge is -2.54. The van der Waals surface area contributed by atoms with Crippen molar-refractivity contribution in [2.45, 2.75) is 122 Å². The van der Waals surface area contributed by atoms with Crippen molar-refractivity contribution in [2.24, 2.45) is 23.2 Å². The standard InChI is InChI=1S/C45H65ClN4O4S/c1-7-8-19-44(28-48-22-23-50(31(2)3)33(5)26-48)20-9-11-32(4)34(6)55(52,53)47-43(51)36-14-18-42-41(25-36)49(27-37-13-16-40(37)44)29-45(30-54-42)21-10-12-35-24-38(46)15-17-39(35)45/h9,14-15,17-18,20,24-25,31-34,37,40H,7-8,10-13,16,19,21-23,26-30H2,1-6H3,(H,47,51)/b20-9+/t32-,33+,34+,37-,40+,44+,45-/m0/s1.